The van der Waals surface area contributed by atoms with Crippen molar-refractivity contribution >= 4 is 11.3 Å². The molecule has 5 rings (SSSR count). The Hall–Kier alpha value is -1.70. The van der Waals surface area contributed by atoms with Crippen molar-refractivity contribution in [1.29, 1.82) is 0 Å². The number of aromatic nitrogens is 3. The van der Waals surface area contributed by atoms with Crippen molar-refractivity contribution in [2.24, 2.45) is 0 Å². The normalized spacial score (nSPS) is 28.0. The average molecular weight is 399 g/mol. The van der Waals surface area contributed by atoms with Crippen molar-refractivity contribution in [2.75, 3.05) is 51.8 Å². The number of fused-ring (bicyclic) bond motifs is 1. The lowest BCUT2D eigenvalue weighted by atomic mass is 9.89. The largest absolute Gasteiger partial charge is 0.381 e. The van der Waals surface area contributed by atoms with Crippen LogP contribution in [0, 0.1) is 0 Å². The predicted molar refractivity (Wildman–Crippen MR) is 115 cm³/mol. The van der Waals surface area contributed by atoms with E-state index >= 15 is 0 Å². The molecular weight excluding hydrogens is 364 g/mol. The number of hydrogen-bond donors (Lipinski definition) is 1. The molecule has 29 heavy (non-hydrogen) atoms. The molecule has 7 nitrogen and oxygen atoms in total. The maximum atomic E-state index is 5.57. The molecule has 1 aliphatic carbocycles. The second kappa shape index (κ2) is 8.58. The van der Waals surface area contributed by atoms with Crippen LogP contribution in [0.2, 0.25) is 0 Å². The Morgan fingerprint density at radius 3 is 2.52 bits per heavy atom. The Kier molecular flexibility index (Phi) is 5.70. The van der Waals surface area contributed by atoms with Gasteiger partial charge in [-0.25, -0.2) is 9.50 Å². The summed E-state index contributed by atoms with van der Waals surface area (Å²) in [6, 6.07) is 3.50. The van der Waals surface area contributed by atoms with Gasteiger partial charge in [-0.2, -0.15) is 5.10 Å². The fourth-order valence-electron chi connectivity index (χ4n) is 5.39. The lowest BCUT2D eigenvalue weighted by Gasteiger charge is -2.41. The molecule has 0 radical (unpaired) electrons. The number of piperazine rings is 1. The van der Waals surface area contributed by atoms with Crippen molar-refractivity contribution in [3.8, 4) is 0 Å². The highest BCUT2D eigenvalue weighted by Crippen LogP contribution is 2.34. The summed E-state index contributed by atoms with van der Waals surface area (Å²) in [5, 5.41) is 8.24. The Morgan fingerprint density at radius 2 is 1.76 bits per heavy atom. The van der Waals surface area contributed by atoms with Crippen molar-refractivity contribution in [1.82, 2.24) is 24.4 Å². The van der Waals surface area contributed by atoms with Crippen LogP contribution in [0.15, 0.2) is 18.6 Å². The number of nitrogens with one attached hydrogen (secondary N) is 1. The van der Waals surface area contributed by atoms with Crippen LogP contribution in [0.1, 0.15) is 50.0 Å². The van der Waals surface area contributed by atoms with Crippen LogP contribution in [-0.4, -0.2) is 82.9 Å². The minimum Gasteiger partial charge on any atom is -0.381 e. The van der Waals surface area contributed by atoms with E-state index in [9.17, 15) is 0 Å². The molecule has 3 aliphatic rings. The molecule has 0 aromatic carbocycles. The van der Waals surface area contributed by atoms with Crippen LogP contribution in [0.3, 0.4) is 0 Å². The number of likely N-dealkylation sites (N-methyl/N-ethyl adjacent to an activating group) is 1. The first-order valence-electron chi connectivity index (χ1n) is 11.4. The summed E-state index contributed by atoms with van der Waals surface area (Å²) in [7, 11) is 2.23. The first-order chi connectivity index (χ1) is 14.3. The summed E-state index contributed by atoms with van der Waals surface area (Å²) in [5.74, 6) is 1.56. The molecule has 1 saturated carbocycles. The minimum absolute atomic E-state index is 0.509. The maximum absolute atomic E-state index is 5.57. The molecule has 7 heteroatoms. The van der Waals surface area contributed by atoms with Crippen LogP contribution >= 0.6 is 0 Å². The maximum Gasteiger partial charge on any atom is 0.154 e. The van der Waals surface area contributed by atoms with Gasteiger partial charge >= 0.3 is 0 Å². The second-order valence-electron chi connectivity index (χ2n) is 9.05. The monoisotopic (exact) mass is 398 g/mol. The molecule has 2 aliphatic heterocycles. The predicted octanol–water partition coefficient (Wildman–Crippen LogP) is 2.59. The average Bonchev–Trinajstić information content (AvgIpc) is 3.21. The lowest BCUT2D eigenvalue weighted by molar-refractivity contribution is 0.0856. The summed E-state index contributed by atoms with van der Waals surface area (Å²) in [6.45, 7) is 6.58. The fourth-order valence-corrected chi connectivity index (χ4v) is 5.39. The van der Waals surface area contributed by atoms with E-state index in [1.807, 2.05) is 4.52 Å². The summed E-state index contributed by atoms with van der Waals surface area (Å²) in [4.78, 5) is 9.82. The van der Waals surface area contributed by atoms with Crippen LogP contribution in [0.25, 0.3) is 5.52 Å². The van der Waals surface area contributed by atoms with E-state index in [4.69, 9.17) is 4.74 Å². The van der Waals surface area contributed by atoms with Crippen LogP contribution in [-0.2, 0) is 4.74 Å². The highest BCUT2D eigenvalue weighted by atomic mass is 16.5. The third-order valence-corrected chi connectivity index (χ3v) is 7.24. The van der Waals surface area contributed by atoms with E-state index in [-0.39, 0.29) is 0 Å². The van der Waals surface area contributed by atoms with Crippen LogP contribution in [0.5, 0.6) is 0 Å². The van der Waals surface area contributed by atoms with E-state index in [0.29, 0.717) is 12.0 Å². The lowest BCUT2D eigenvalue weighted by Crippen LogP contribution is -2.50. The molecule has 0 spiro atoms. The van der Waals surface area contributed by atoms with E-state index < -0.39 is 0 Å². The van der Waals surface area contributed by atoms with E-state index in [2.05, 4.69) is 44.5 Å². The molecule has 2 aromatic rings. The molecule has 4 heterocycles. The molecule has 2 aromatic heterocycles. The number of rotatable bonds is 4. The fraction of sp³-hybridized carbons (Fsp3) is 0.727. The highest BCUT2D eigenvalue weighted by molar-refractivity contribution is 5.73. The van der Waals surface area contributed by atoms with Gasteiger partial charge in [-0.1, -0.05) is 0 Å². The Labute approximate surface area is 173 Å². The Morgan fingerprint density at radius 1 is 1.00 bits per heavy atom. The topological polar surface area (TPSA) is 57.9 Å². The van der Waals surface area contributed by atoms with Crippen molar-refractivity contribution in [3.05, 3.63) is 24.2 Å². The molecule has 1 N–H and O–H groups in total. The van der Waals surface area contributed by atoms with Crippen molar-refractivity contribution in [3.63, 3.8) is 0 Å². The molecule has 158 valence electrons. The molecule has 0 atom stereocenters. The zero-order chi connectivity index (χ0) is 19.6. The highest BCUT2D eigenvalue weighted by Gasteiger charge is 2.28. The molecule has 0 amide bonds. The molecule has 3 fully saturated rings. The zero-order valence-corrected chi connectivity index (χ0v) is 17.6. The summed E-state index contributed by atoms with van der Waals surface area (Å²) >= 11 is 0. The molecule has 2 saturated heterocycles. The third kappa shape index (κ3) is 4.13. The number of anilines is 1. The van der Waals surface area contributed by atoms with Gasteiger partial charge in [-0.15, -0.1) is 0 Å². The van der Waals surface area contributed by atoms with E-state index in [0.717, 1.165) is 37.9 Å². The second-order valence-corrected chi connectivity index (χ2v) is 9.05. The first-order valence-corrected chi connectivity index (χ1v) is 11.4. The zero-order valence-electron chi connectivity index (χ0n) is 17.6. The Bertz CT molecular complexity index is 801. The molecular formula is C22H34N6O. The van der Waals surface area contributed by atoms with Crippen LogP contribution < -0.4 is 5.32 Å². The van der Waals surface area contributed by atoms with Gasteiger partial charge in [0.05, 0.1) is 0 Å². The van der Waals surface area contributed by atoms with Gasteiger partial charge in [-0.3, -0.25) is 4.90 Å². The quantitative estimate of drug-likeness (QED) is 0.854. The SMILES string of the molecule is CN1CCN([C@H]2CC[C@H](Nc3ncnn4ccc(C5CCOCC5)c34)CC2)CC1. The van der Waals surface area contributed by atoms with Crippen molar-refractivity contribution < 1.29 is 4.74 Å². The van der Waals surface area contributed by atoms with Gasteiger partial charge < -0.3 is 15.0 Å². The number of hydrogen-bond acceptors (Lipinski definition) is 6. The molecule has 0 unspecified atom stereocenters. The van der Waals surface area contributed by atoms with E-state index in [1.54, 1.807) is 6.33 Å². The van der Waals surface area contributed by atoms with Crippen molar-refractivity contribution in [2.45, 2.75) is 56.5 Å². The summed E-state index contributed by atoms with van der Waals surface area (Å²) in [6.07, 6.45) is 11.0. The van der Waals surface area contributed by atoms with Gasteiger partial charge in [0.25, 0.3) is 0 Å². The molecule has 0 bridgehead atoms. The van der Waals surface area contributed by atoms with Crippen LogP contribution in [0.4, 0.5) is 5.82 Å². The standard InChI is InChI=1S/C22H34N6O/c1-26-10-12-27(13-11-26)19-4-2-18(3-5-19)25-22-21-20(17-7-14-29-15-8-17)6-9-28(21)24-16-23-22/h6,9,16-19H,2-5,7-8,10-15H2,1H3,(H,23,24,25)/t18-,19-. The van der Waals surface area contributed by atoms with Gasteiger partial charge in [0.1, 0.15) is 11.8 Å². The number of nitrogens with zero attached hydrogens (tertiary/aromatic N) is 5. The first kappa shape index (κ1) is 19.3. The smallest absolute Gasteiger partial charge is 0.154 e. The summed E-state index contributed by atoms with van der Waals surface area (Å²) < 4.78 is 7.56. The van der Waals surface area contributed by atoms with Gasteiger partial charge in [-0.05, 0) is 63.1 Å². The van der Waals surface area contributed by atoms with Gasteiger partial charge in [0, 0.05) is 57.7 Å². The van der Waals surface area contributed by atoms with Gasteiger partial charge in [0.2, 0.25) is 0 Å². The summed E-state index contributed by atoms with van der Waals surface area (Å²) in [5.41, 5.74) is 2.54. The van der Waals surface area contributed by atoms with E-state index in [1.165, 1.54) is 62.9 Å². The Balaban J connectivity index is 1.26. The third-order valence-electron chi connectivity index (χ3n) is 7.24. The number of ether oxygens (including phenoxy) is 1. The minimum atomic E-state index is 0.509. The van der Waals surface area contributed by atoms with Gasteiger partial charge in [0.15, 0.2) is 5.82 Å².